The molecule has 1 heterocycles. The number of carbonyl (C=O) groups excluding carboxylic acids is 1. The number of carboxylic acid groups (broad SMARTS) is 1. The van der Waals surface area contributed by atoms with E-state index in [4.69, 9.17) is 15.1 Å². The molecule has 0 aliphatic carbocycles. The molecule has 6 nitrogen and oxygen atoms in total. The molecule has 1 aliphatic rings. The van der Waals surface area contributed by atoms with Crippen LogP contribution in [0.4, 0.5) is 0 Å². The minimum atomic E-state index is -0.995. The molecule has 0 aromatic heterocycles. The minimum Gasteiger partial charge on any atom is -0.495 e. The number of nitriles is 1. The number of aliphatic carboxylic acids is 1. The molecule has 0 spiro atoms. The summed E-state index contributed by atoms with van der Waals surface area (Å²) in [5.74, 6) is -0.713. The molecular weight excluding hydrogens is 260 g/mol. The summed E-state index contributed by atoms with van der Waals surface area (Å²) in [7, 11) is 1.47. The van der Waals surface area contributed by atoms with E-state index in [9.17, 15) is 9.59 Å². The lowest BCUT2D eigenvalue weighted by molar-refractivity contribution is -0.146. The Hall–Kier alpha value is -2.55. The van der Waals surface area contributed by atoms with Crippen molar-refractivity contribution in [3.8, 4) is 11.8 Å². The Morgan fingerprint density at radius 1 is 1.60 bits per heavy atom. The van der Waals surface area contributed by atoms with Gasteiger partial charge in [-0.2, -0.15) is 5.26 Å². The number of ether oxygens (including phenoxy) is 1. The number of rotatable bonds is 4. The summed E-state index contributed by atoms with van der Waals surface area (Å²) in [4.78, 5) is 24.2. The van der Waals surface area contributed by atoms with Crippen LogP contribution in [-0.2, 0) is 16.1 Å². The number of amides is 1. The number of hydrogen-bond acceptors (Lipinski definition) is 4. The molecule has 0 bridgehead atoms. The highest BCUT2D eigenvalue weighted by Crippen LogP contribution is 2.24. The van der Waals surface area contributed by atoms with E-state index < -0.39 is 12.0 Å². The Morgan fingerprint density at radius 2 is 2.35 bits per heavy atom. The second-order valence-electron chi connectivity index (χ2n) is 4.56. The normalized spacial score (nSPS) is 17.9. The zero-order valence-corrected chi connectivity index (χ0v) is 11.0. The topological polar surface area (TPSA) is 90.6 Å². The molecule has 1 aromatic rings. The van der Waals surface area contributed by atoms with Crippen molar-refractivity contribution in [2.75, 3.05) is 7.11 Å². The monoisotopic (exact) mass is 274 g/mol. The molecular formula is C14H14N2O4. The quantitative estimate of drug-likeness (QED) is 0.889. The van der Waals surface area contributed by atoms with Gasteiger partial charge in [0.15, 0.2) is 0 Å². The van der Waals surface area contributed by atoms with Gasteiger partial charge in [-0.15, -0.1) is 0 Å². The standard InChI is InChI=1S/C14H14N2O4/c1-20-12-4-2-9(6-10(12)7-15)8-16-11(14(18)19)3-5-13(16)17/h2,4,6,11H,3,5,8H2,1H3,(H,18,19). The number of methoxy groups -OCH3 is 1. The fourth-order valence-corrected chi connectivity index (χ4v) is 2.33. The third kappa shape index (κ3) is 2.57. The van der Waals surface area contributed by atoms with Crippen LogP contribution in [0.1, 0.15) is 24.0 Å². The maximum Gasteiger partial charge on any atom is 0.326 e. The largest absolute Gasteiger partial charge is 0.495 e. The second-order valence-corrected chi connectivity index (χ2v) is 4.56. The van der Waals surface area contributed by atoms with Crippen molar-refractivity contribution in [3.05, 3.63) is 29.3 Å². The molecule has 0 radical (unpaired) electrons. The van der Waals surface area contributed by atoms with Crippen LogP contribution in [0.15, 0.2) is 18.2 Å². The van der Waals surface area contributed by atoms with Gasteiger partial charge in [-0.1, -0.05) is 6.07 Å². The van der Waals surface area contributed by atoms with Gasteiger partial charge in [0.25, 0.3) is 0 Å². The van der Waals surface area contributed by atoms with E-state index in [1.807, 2.05) is 6.07 Å². The fraction of sp³-hybridized carbons (Fsp3) is 0.357. The van der Waals surface area contributed by atoms with Gasteiger partial charge >= 0.3 is 5.97 Å². The van der Waals surface area contributed by atoms with Crippen molar-refractivity contribution in [3.63, 3.8) is 0 Å². The molecule has 1 amide bonds. The van der Waals surface area contributed by atoms with Crippen LogP contribution in [0.25, 0.3) is 0 Å². The zero-order chi connectivity index (χ0) is 14.7. The molecule has 20 heavy (non-hydrogen) atoms. The van der Waals surface area contributed by atoms with E-state index in [0.717, 1.165) is 0 Å². The summed E-state index contributed by atoms with van der Waals surface area (Å²) in [6.45, 7) is 0.189. The maximum atomic E-state index is 11.7. The van der Waals surface area contributed by atoms with Crippen LogP contribution in [0.3, 0.4) is 0 Å². The summed E-state index contributed by atoms with van der Waals surface area (Å²) in [6.07, 6.45) is 0.577. The predicted octanol–water partition coefficient (Wildman–Crippen LogP) is 1.14. The zero-order valence-electron chi connectivity index (χ0n) is 11.0. The van der Waals surface area contributed by atoms with Crippen molar-refractivity contribution >= 4 is 11.9 Å². The first-order valence-electron chi connectivity index (χ1n) is 6.16. The lowest BCUT2D eigenvalue weighted by atomic mass is 10.1. The maximum absolute atomic E-state index is 11.7. The molecule has 1 aliphatic heterocycles. The number of likely N-dealkylation sites (tertiary alicyclic amines) is 1. The van der Waals surface area contributed by atoms with Crippen LogP contribution in [0.2, 0.25) is 0 Å². The number of carboxylic acids is 1. The first kappa shape index (κ1) is 13.9. The van der Waals surface area contributed by atoms with Gasteiger partial charge in [0, 0.05) is 13.0 Å². The van der Waals surface area contributed by atoms with Crippen molar-refractivity contribution in [2.45, 2.75) is 25.4 Å². The first-order valence-corrected chi connectivity index (χ1v) is 6.16. The molecule has 1 atom stereocenters. The summed E-state index contributed by atoms with van der Waals surface area (Å²) >= 11 is 0. The molecule has 1 unspecified atom stereocenters. The Morgan fingerprint density at radius 3 is 2.95 bits per heavy atom. The lowest BCUT2D eigenvalue weighted by Crippen LogP contribution is -2.37. The van der Waals surface area contributed by atoms with Gasteiger partial charge in [-0.05, 0) is 24.1 Å². The van der Waals surface area contributed by atoms with Gasteiger partial charge in [0.2, 0.25) is 5.91 Å². The number of benzene rings is 1. The number of nitrogens with zero attached hydrogens (tertiary/aromatic N) is 2. The molecule has 1 aromatic carbocycles. The summed E-state index contributed by atoms with van der Waals surface area (Å²) in [5.41, 5.74) is 1.08. The molecule has 1 N–H and O–H groups in total. The fourth-order valence-electron chi connectivity index (χ4n) is 2.33. The van der Waals surface area contributed by atoms with E-state index in [1.54, 1.807) is 18.2 Å². The van der Waals surface area contributed by atoms with Crippen LogP contribution in [0.5, 0.6) is 5.75 Å². The number of carbonyl (C=O) groups is 2. The van der Waals surface area contributed by atoms with E-state index in [2.05, 4.69) is 0 Å². The minimum absolute atomic E-state index is 0.174. The average Bonchev–Trinajstić information content (AvgIpc) is 2.80. The van der Waals surface area contributed by atoms with Gasteiger partial charge in [0.1, 0.15) is 17.9 Å². The molecule has 104 valence electrons. The lowest BCUT2D eigenvalue weighted by Gasteiger charge is -2.21. The summed E-state index contributed by atoms with van der Waals surface area (Å²) in [5, 5.41) is 18.1. The molecule has 1 fully saturated rings. The Kier molecular flexibility index (Phi) is 3.89. The van der Waals surface area contributed by atoms with Gasteiger partial charge in [-0.25, -0.2) is 4.79 Å². The van der Waals surface area contributed by atoms with Crippen LogP contribution < -0.4 is 4.74 Å². The smallest absolute Gasteiger partial charge is 0.326 e. The second kappa shape index (κ2) is 5.61. The van der Waals surface area contributed by atoms with Crippen LogP contribution in [-0.4, -0.2) is 35.0 Å². The molecule has 6 heteroatoms. The van der Waals surface area contributed by atoms with Crippen molar-refractivity contribution < 1.29 is 19.4 Å². The third-order valence-electron chi connectivity index (χ3n) is 3.35. The highest BCUT2D eigenvalue weighted by atomic mass is 16.5. The predicted molar refractivity (Wildman–Crippen MR) is 68.9 cm³/mol. The van der Waals surface area contributed by atoms with Crippen LogP contribution >= 0.6 is 0 Å². The summed E-state index contributed by atoms with van der Waals surface area (Å²) < 4.78 is 5.04. The SMILES string of the molecule is COc1ccc(CN2C(=O)CCC2C(=O)O)cc1C#N. The van der Waals surface area contributed by atoms with E-state index in [-0.39, 0.29) is 18.9 Å². The van der Waals surface area contributed by atoms with Gasteiger partial charge in [-0.3, -0.25) is 4.79 Å². The third-order valence-corrected chi connectivity index (χ3v) is 3.35. The number of hydrogen-bond donors (Lipinski definition) is 1. The van der Waals surface area contributed by atoms with E-state index >= 15 is 0 Å². The van der Waals surface area contributed by atoms with Gasteiger partial charge < -0.3 is 14.7 Å². The van der Waals surface area contributed by atoms with Gasteiger partial charge in [0.05, 0.1) is 12.7 Å². The molecule has 0 saturated carbocycles. The van der Waals surface area contributed by atoms with Crippen LogP contribution in [0, 0.1) is 11.3 Å². The van der Waals surface area contributed by atoms with Crippen molar-refractivity contribution in [2.24, 2.45) is 0 Å². The van der Waals surface area contributed by atoms with Crippen molar-refractivity contribution in [1.29, 1.82) is 5.26 Å². The highest BCUT2D eigenvalue weighted by Gasteiger charge is 2.35. The first-order chi connectivity index (χ1) is 9.56. The molecule has 2 rings (SSSR count). The van der Waals surface area contributed by atoms with E-state index in [0.29, 0.717) is 23.3 Å². The average molecular weight is 274 g/mol. The highest BCUT2D eigenvalue weighted by molar-refractivity contribution is 5.87. The van der Waals surface area contributed by atoms with Crippen molar-refractivity contribution in [1.82, 2.24) is 4.90 Å². The Bertz CT molecular complexity index is 591. The Balaban J connectivity index is 2.23. The molecule has 1 saturated heterocycles. The summed E-state index contributed by atoms with van der Waals surface area (Å²) in [6, 6.07) is 6.21. The Labute approximate surface area is 116 Å². The van der Waals surface area contributed by atoms with E-state index in [1.165, 1.54) is 12.0 Å².